The number of nitrogens with zero attached hydrogens (tertiary/aromatic N) is 4. The highest BCUT2D eigenvalue weighted by molar-refractivity contribution is 7.98. The van der Waals surface area contributed by atoms with Crippen LogP contribution in [0.15, 0.2) is 40.0 Å². The van der Waals surface area contributed by atoms with Crippen LogP contribution in [0.25, 0.3) is 11.3 Å². The summed E-state index contributed by atoms with van der Waals surface area (Å²) in [6, 6.07) is 8.12. The molecule has 0 amide bonds. The van der Waals surface area contributed by atoms with Crippen LogP contribution in [0, 0.1) is 13.8 Å². The standard InChI is InChI=1S/C15H15N5OS/c1-9-3-5-11(6-4-9)12-7-17-13(21-12)8-22-15-19-10(2)18-14(16)20-15/h3-7H,8H2,1-2H3,(H2,16,18,19,20). The van der Waals surface area contributed by atoms with Gasteiger partial charge in [0.1, 0.15) is 5.82 Å². The van der Waals surface area contributed by atoms with E-state index in [4.69, 9.17) is 10.2 Å². The molecule has 3 rings (SSSR count). The second-order valence-corrected chi connectivity index (χ2v) is 5.74. The number of benzene rings is 1. The van der Waals surface area contributed by atoms with Crippen LogP contribution in [-0.4, -0.2) is 19.9 Å². The number of anilines is 1. The lowest BCUT2D eigenvalue weighted by Crippen LogP contribution is -2.01. The normalized spacial score (nSPS) is 10.8. The fourth-order valence-electron chi connectivity index (χ4n) is 1.90. The van der Waals surface area contributed by atoms with Crippen LogP contribution < -0.4 is 5.73 Å². The minimum absolute atomic E-state index is 0.225. The van der Waals surface area contributed by atoms with Gasteiger partial charge in [-0.3, -0.25) is 0 Å². The molecule has 7 heteroatoms. The summed E-state index contributed by atoms with van der Waals surface area (Å²) in [4.78, 5) is 16.5. The van der Waals surface area contributed by atoms with Crippen molar-refractivity contribution in [2.75, 3.05) is 5.73 Å². The lowest BCUT2D eigenvalue weighted by molar-refractivity contribution is 0.529. The van der Waals surface area contributed by atoms with Crippen molar-refractivity contribution in [3.8, 4) is 11.3 Å². The van der Waals surface area contributed by atoms with Gasteiger partial charge in [0.05, 0.1) is 11.9 Å². The molecular weight excluding hydrogens is 298 g/mol. The number of nitrogen functional groups attached to an aromatic ring is 1. The molecule has 2 aromatic heterocycles. The second-order valence-electron chi connectivity index (χ2n) is 4.80. The van der Waals surface area contributed by atoms with E-state index in [1.807, 2.05) is 24.3 Å². The summed E-state index contributed by atoms with van der Waals surface area (Å²) in [5.74, 6) is 2.74. The van der Waals surface area contributed by atoms with E-state index in [0.29, 0.717) is 22.6 Å². The van der Waals surface area contributed by atoms with Crippen LogP contribution in [0.2, 0.25) is 0 Å². The zero-order valence-corrected chi connectivity index (χ0v) is 13.1. The van der Waals surface area contributed by atoms with Crippen LogP contribution in [0.1, 0.15) is 17.3 Å². The highest BCUT2D eigenvalue weighted by Crippen LogP contribution is 2.24. The molecule has 0 aliphatic heterocycles. The molecule has 0 unspecified atom stereocenters. The Morgan fingerprint density at radius 2 is 1.86 bits per heavy atom. The van der Waals surface area contributed by atoms with Crippen molar-refractivity contribution in [3.05, 3.63) is 47.7 Å². The van der Waals surface area contributed by atoms with Crippen LogP contribution in [-0.2, 0) is 5.75 Å². The number of hydrogen-bond acceptors (Lipinski definition) is 7. The van der Waals surface area contributed by atoms with E-state index in [1.165, 1.54) is 17.3 Å². The summed E-state index contributed by atoms with van der Waals surface area (Å²) in [6.45, 7) is 3.83. The molecule has 1 aromatic carbocycles. The molecule has 0 atom stereocenters. The van der Waals surface area contributed by atoms with Gasteiger partial charge in [-0.05, 0) is 13.8 Å². The molecule has 0 bridgehead atoms. The quantitative estimate of drug-likeness (QED) is 0.740. The maximum Gasteiger partial charge on any atom is 0.224 e. The molecular formula is C15H15N5OS. The van der Waals surface area contributed by atoms with Crippen molar-refractivity contribution in [2.45, 2.75) is 24.8 Å². The SMILES string of the molecule is Cc1ccc(-c2cnc(CSc3nc(C)nc(N)n3)o2)cc1. The third-order valence-corrected chi connectivity index (χ3v) is 3.79. The van der Waals surface area contributed by atoms with Crippen molar-refractivity contribution >= 4 is 17.7 Å². The van der Waals surface area contributed by atoms with Gasteiger partial charge in [0.25, 0.3) is 0 Å². The van der Waals surface area contributed by atoms with Gasteiger partial charge in [0.2, 0.25) is 11.8 Å². The first-order valence-corrected chi connectivity index (χ1v) is 7.71. The Bertz CT molecular complexity index is 765. The predicted octanol–water partition coefficient (Wildman–Crippen LogP) is 3.02. The summed E-state index contributed by atoms with van der Waals surface area (Å²) in [5, 5.41) is 0.570. The number of rotatable bonds is 4. The molecule has 0 saturated carbocycles. The maximum atomic E-state index is 5.76. The van der Waals surface area contributed by atoms with Gasteiger partial charge >= 0.3 is 0 Å². The number of aryl methyl sites for hydroxylation is 2. The van der Waals surface area contributed by atoms with E-state index < -0.39 is 0 Å². The molecule has 3 aromatic rings. The summed E-state index contributed by atoms with van der Waals surface area (Å²) < 4.78 is 5.76. The third-order valence-electron chi connectivity index (χ3n) is 2.96. The number of oxazole rings is 1. The Hall–Kier alpha value is -2.41. The summed E-state index contributed by atoms with van der Waals surface area (Å²) >= 11 is 1.41. The van der Waals surface area contributed by atoms with Gasteiger partial charge in [0.15, 0.2) is 10.9 Å². The average Bonchev–Trinajstić information content (AvgIpc) is 2.94. The Morgan fingerprint density at radius 3 is 2.59 bits per heavy atom. The van der Waals surface area contributed by atoms with Gasteiger partial charge in [0, 0.05) is 5.56 Å². The predicted molar refractivity (Wildman–Crippen MR) is 85.2 cm³/mol. The zero-order valence-electron chi connectivity index (χ0n) is 12.3. The molecule has 0 saturated heterocycles. The lowest BCUT2D eigenvalue weighted by atomic mass is 10.1. The first kappa shape index (κ1) is 14.5. The average molecular weight is 313 g/mol. The molecule has 0 aliphatic rings. The van der Waals surface area contributed by atoms with E-state index >= 15 is 0 Å². The molecule has 0 aliphatic carbocycles. The first-order chi connectivity index (χ1) is 10.6. The van der Waals surface area contributed by atoms with Gasteiger partial charge in [-0.1, -0.05) is 41.6 Å². The molecule has 0 fully saturated rings. The minimum atomic E-state index is 0.225. The van der Waals surface area contributed by atoms with Crippen LogP contribution in [0.3, 0.4) is 0 Å². The molecule has 0 spiro atoms. The number of aromatic nitrogens is 4. The molecule has 112 valence electrons. The van der Waals surface area contributed by atoms with Gasteiger partial charge in [-0.15, -0.1) is 0 Å². The third kappa shape index (κ3) is 3.43. The Kier molecular flexibility index (Phi) is 4.06. The second kappa shape index (κ2) is 6.15. The van der Waals surface area contributed by atoms with Crippen molar-refractivity contribution in [3.63, 3.8) is 0 Å². The van der Waals surface area contributed by atoms with Crippen LogP contribution in [0.5, 0.6) is 0 Å². The van der Waals surface area contributed by atoms with Gasteiger partial charge in [-0.2, -0.15) is 9.97 Å². The minimum Gasteiger partial charge on any atom is -0.440 e. The number of thioether (sulfide) groups is 1. The van der Waals surface area contributed by atoms with Crippen molar-refractivity contribution in [1.29, 1.82) is 0 Å². The summed E-state index contributed by atoms with van der Waals surface area (Å²) in [5.41, 5.74) is 7.82. The maximum absolute atomic E-state index is 5.76. The van der Waals surface area contributed by atoms with Crippen molar-refractivity contribution < 1.29 is 4.42 Å². The number of nitrogens with two attached hydrogens (primary N) is 1. The zero-order chi connectivity index (χ0) is 15.5. The Labute approximate surface area is 132 Å². The van der Waals surface area contributed by atoms with Gasteiger partial charge < -0.3 is 10.2 Å². The van der Waals surface area contributed by atoms with E-state index in [0.717, 1.165) is 11.3 Å². The largest absolute Gasteiger partial charge is 0.440 e. The fraction of sp³-hybridized carbons (Fsp3) is 0.200. The molecule has 2 heterocycles. The van der Waals surface area contributed by atoms with Crippen molar-refractivity contribution in [2.24, 2.45) is 0 Å². The number of hydrogen-bond donors (Lipinski definition) is 1. The molecule has 0 radical (unpaired) electrons. The molecule has 2 N–H and O–H groups in total. The molecule has 6 nitrogen and oxygen atoms in total. The van der Waals surface area contributed by atoms with E-state index in [1.54, 1.807) is 13.1 Å². The Morgan fingerprint density at radius 1 is 1.09 bits per heavy atom. The van der Waals surface area contributed by atoms with E-state index in [9.17, 15) is 0 Å². The van der Waals surface area contributed by atoms with E-state index in [-0.39, 0.29) is 5.95 Å². The lowest BCUT2D eigenvalue weighted by Gasteiger charge is -2.00. The molecule has 22 heavy (non-hydrogen) atoms. The first-order valence-electron chi connectivity index (χ1n) is 6.73. The topological polar surface area (TPSA) is 90.7 Å². The summed E-state index contributed by atoms with van der Waals surface area (Å²) in [7, 11) is 0. The fourth-order valence-corrected chi connectivity index (χ4v) is 2.64. The smallest absolute Gasteiger partial charge is 0.224 e. The van der Waals surface area contributed by atoms with Crippen LogP contribution >= 0.6 is 11.8 Å². The monoisotopic (exact) mass is 313 g/mol. The van der Waals surface area contributed by atoms with E-state index in [2.05, 4.69) is 26.9 Å². The highest BCUT2D eigenvalue weighted by Gasteiger charge is 2.09. The van der Waals surface area contributed by atoms with Gasteiger partial charge in [-0.25, -0.2) is 9.97 Å². The van der Waals surface area contributed by atoms with Crippen LogP contribution in [0.4, 0.5) is 5.95 Å². The summed E-state index contributed by atoms with van der Waals surface area (Å²) in [6.07, 6.45) is 1.73. The van der Waals surface area contributed by atoms with Crippen molar-refractivity contribution in [1.82, 2.24) is 19.9 Å². The Balaban J connectivity index is 1.70. The highest BCUT2D eigenvalue weighted by atomic mass is 32.2.